The van der Waals surface area contributed by atoms with E-state index in [4.69, 9.17) is 13.7 Å². The molecule has 2 heterocycles. The van der Waals surface area contributed by atoms with E-state index in [2.05, 4.69) is 0 Å². The maximum Gasteiger partial charge on any atom is 0.497 e. The number of anilines is 1. The molecule has 35 heavy (non-hydrogen) atoms. The van der Waals surface area contributed by atoms with E-state index in [9.17, 15) is 17.6 Å². The van der Waals surface area contributed by atoms with E-state index in [0.29, 0.717) is 39.0 Å². The number of rotatable bonds is 6. The van der Waals surface area contributed by atoms with Crippen LogP contribution in [0, 0.1) is 5.82 Å². The van der Waals surface area contributed by atoms with Crippen LogP contribution in [0.25, 0.3) is 22.3 Å². The Morgan fingerprint density at radius 1 is 1.06 bits per heavy atom. The summed E-state index contributed by atoms with van der Waals surface area (Å²) in [5.74, 6) is -0.103. The molecular formula is C24H27BFNO6SSi. The van der Waals surface area contributed by atoms with Crippen molar-refractivity contribution >= 4 is 54.2 Å². The molecule has 0 aliphatic carbocycles. The molecule has 11 heteroatoms. The van der Waals surface area contributed by atoms with Gasteiger partial charge in [-0.3, -0.25) is 4.31 Å². The van der Waals surface area contributed by atoms with Crippen molar-refractivity contribution in [3.05, 3.63) is 47.8 Å². The number of carbonyl (C=O) groups excluding carboxylic acids is 1. The lowest BCUT2D eigenvalue weighted by atomic mass is 9.77. The van der Waals surface area contributed by atoms with Gasteiger partial charge in [0.15, 0.2) is 0 Å². The molecule has 2 radical (unpaired) electrons. The Morgan fingerprint density at radius 2 is 1.63 bits per heavy atom. The lowest BCUT2D eigenvalue weighted by molar-refractivity contribution is 0.00578. The summed E-state index contributed by atoms with van der Waals surface area (Å²) in [5.41, 5.74) is 0.689. The van der Waals surface area contributed by atoms with Crippen molar-refractivity contribution in [1.29, 1.82) is 0 Å². The predicted molar refractivity (Wildman–Crippen MR) is 137 cm³/mol. The van der Waals surface area contributed by atoms with Crippen molar-refractivity contribution < 1.29 is 31.3 Å². The molecule has 184 valence electrons. The second kappa shape index (κ2) is 8.58. The van der Waals surface area contributed by atoms with Gasteiger partial charge in [-0.15, -0.1) is 0 Å². The first kappa shape index (κ1) is 25.6. The van der Waals surface area contributed by atoms with E-state index in [1.54, 1.807) is 30.8 Å². The number of hydrogen-bond acceptors (Lipinski definition) is 6. The van der Waals surface area contributed by atoms with Crippen LogP contribution in [-0.4, -0.2) is 55.0 Å². The highest BCUT2D eigenvalue weighted by molar-refractivity contribution is 7.92. The van der Waals surface area contributed by atoms with Gasteiger partial charge >= 0.3 is 7.12 Å². The first-order chi connectivity index (χ1) is 16.2. The highest BCUT2D eigenvalue weighted by atomic mass is 32.2. The first-order valence-corrected chi connectivity index (χ1v) is 14.4. The monoisotopic (exact) mass is 515 g/mol. The van der Waals surface area contributed by atoms with Gasteiger partial charge in [-0.2, -0.15) is 0 Å². The third-order valence-electron chi connectivity index (χ3n) is 6.74. The van der Waals surface area contributed by atoms with Crippen LogP contribution in [0.2, 0.25) is 6.55 Å². The van der Waals surface area contributed by atoms with Crippen molar-refractivity contribution in [2.24, 2.45) is 0 Å². The fourth-order valence-electron chi connectivity index (χ4n) is 3.91. The molecule has 1 saturated heterocycles. The summed E-state index contributed by atoms with van der Waals surface area (Å²) >= 11 is 0. The van der Waals surface area contributed by atoms with Gasteiger partial charge in [0.25, 0.3) is 0 Å². The second-order valence-corrected chi connectivity index (χ2v) is 12.6. The van der Waals surface area contributed by atoms with Gasteiger partial charge in [0.2, 0.25) is 10.0 Å². The molecule has 0 amide bonds. The Labute approximate surface area is 207 Å². The summed E-state index contributed by atoms with van der Waals surface area (Å²) in [7, 11) is -3.12. The highest BCUT2D eigenvalue weighted by Gasteiger charge is 2.52. The maximum absolute atomic E-state index is 13.6. The number of benzene rings is 2. The molecule has 0 unspecified atom stereocenters. The molecule has 1 aromatic heterocycles. The molecule has 4 rings (SSSR count). The van der Waals surface area contributed by atoms with Gasteiger partial charge < -0.3 is 18.5 Å². The quantitative estimate of drug-likeness (QED) is 0.464. The van der Waals surface area contributed by atoms with E-state index in [0.717, 1.165) is 10.6 Å². The largest absolute Gasteiger partial charge is 0.497 e. The number of halogens is 1. The van der Waals surface area contributed by atoms with Crippen molar-refractivity contribution in [2.75, 3.05) is 17.6 Å². The second-order valence-electron chi connectivity index (χ2n) is 9.62. The molecule has 0 N–H and O–H groups in total. The van der Waals surface area contributed by atoms with Gasteiger partial charge in [-0.1, -0.05) is 6.55 Å². The molecule has 3 aromatic rings. The van der Waals surface area contributed by atoms with Crippen LogP contribution in [0.4, 0.5) is 10.1 Å². The maximum atomic E-state index is 13.6. The molecule has 0 atom stereocenters. The molecule has 1 fully saturated rings. The summed E-state index contributed by atoms with van der Waals surface area (Å²) in [6, 6.07) is 8.97. The lowest BCUT2D eigenvalue weighted by Gasteiger charge is -2.32. The SMILES string of the molecule is C[Si]C(=O)c1c(-c2ccc(F)cc2)oc2cc(N(C)S(C)(=O)=O)c(B3OC(C)(C)C(C)(C)O3)cc12. The highest BCUT2D eigenvalue weighted by Crippen LogP contribution is 2.40. The smallest absolute Gasteiger partial charge is 0.455 e. The Hall–Kier alpha value is -2.47. The van der Waals surface area contributed by atoms with E-state index in [1.807, 2.05) is 27.7 Å². The average molecular weight is 515 g/mol. The van der Waals surface area contributed by atoms with Gasteiger partial charge in [0, 0.05) is 29.5 Å². The van der Waals surface area contributed by atoms with Crippen LogP contribution in [-0.2, 0) is 19.3 Å². The summed E-state index contributed by atoms with van der Waals surface area (Å²) in [6.07, 6.45) is 1.10. The normalized spacial score (nSPS) is 17.2. The third-order valence-corrected chi connectivity index (χ3v) is 8.64. The zero-order valence-electron chi connectivity index (χ0n) is 20.7. The Bertz CT molecular complexity index is 1400. The number of hydrogen-bond donors (Lipinski definition) is 0. The van der Waals surface area contributed by atoms with Crippen molar-refractivity contribution in [2.45, 2.75) is 45.4 Å². The number of furan rings is 1. The fraction of sp³-hybridized carbons (Fsp3) is 0.375. The molecule has 0 spiro atoms. The minimum atomic E-state index is -3.64. The molecule has 7 nitrogen and oxygen atoms in total. The fourth-order valence-corrected chi connectivity index (χ4v) is 4.93. The van der Waals surface area contributed by atoms with Crippen LogP contribution >= 0.6 is 0 Å². The predicted octanol–water partition coefficient (Wildman–Crippen LogP) is 3.83. The summed E-state index contributed by atoms with van der Waals surface area (Å²) in [4.78, 5) is 13.1. The minimum Gasteiger partial charge on any atom is -0.455 e. The van der Waals surface area contributed by atoms with E-state index >= 15 is 0 Å². The van der Waals surface area contributed by atoms with Crippen LogP contribution in [0.3, 0.4) is 0 Å². The van der Waals surface area contributed by atoms with Gasteiger partial charge in [0.1, 0.15) is 32.1 Å². The first-order valence-electron chi connectivity index (χ1n) is 11.0. The van der Waals surface area contributed by atoms with Gasteiger partial charge in [-0.05, 0) is 58.0 Å². The number of sulfonamides is 1. The van der Waals surface area contributed by atoms with Crippen LogP contribution in [0.1, 0.15) is 38.1 Å². The lowest BCUT2D eigenvalue weighted by Crippen LogP contribution is -2.41. The van der Waals surface area contributed by atoms with Crippen LogP contribution in [0.5, 0.6) is 0 Å². The zero-order chi connectivity index (χ0) is 25.9. The molecule has 2 aromatic carbocycles. The topological polar surface area (TPSA) is 86.1 Å². The third kappa shape index (κ3) is 4.46. The zero-order valence-corrected chi connectivity index (χ0v) is 22.5. The van der Waals surface area contributed by atoms with Gasteiger partial charge in [0.05, 0.1) is 28.7 Å². The summed E-state index contributed by atoms with van der Waals surface area (Å²) in [5, 5.41) is 0.381. The molecule has 1 aliphatic heterocycles. The Kier molecular flexibility index (Phi) is 6.28. The average Bonchev–Trinajstić information content (AvgIpc) is 3.24. The molecule has 1 aliphatic rings. The molecule has 0 saturated carbocycles. The Morgan fingerprint density at radius 3 is 2.14 bits per heavy atom. The Balaban J connectivity index is 2.02. The molecule has 0 bridgehead atoms. The number of carbonyl (C=O) groups is 1. The van der Waals surface area contributed by atoms with E-state index in [1.165, 1.54) is 19.2 Å². The van der Waals surface area contributed by atoms with Gasteiger partial charge in [-0.25, -0.2) is 12.8 Å². The van der Waals surface area contributed by atoms with E-state index < -0.39 is 34.2 Å². The number of nitrogens with zero attached hydrogens (tertiary/aromatic N) is 1. The van der Waals surface area contributed by atoms with Crippen molar-refractivity contribution in [3.63, 3.8) is 0 Å². The number of fused-ring (bicyclic) bond motifs is 1. The van der Waals surface area contributed by atoms with E-state index in [-0.39, 0.29) is 14.9 Å². The standard InChI is InChI=1S/C24H27BFNO6SSi/c1-23(2)24(3,4)33-25(32-23)17-12-16-19(13-18(17)27(5)34(6,29)30)31-21(20(16)22(28)35-7)14-8-10-15(26)11-9-14/h8-13H,1-7H3. The summed E-state index contributed by atoms with van der Waals surface area (Å²) in [6.45, 7) is 9.40. The van der Waals surface area contributed by atoms with Crippen LogP contribution in [0.15, 0.2) is 40.8 Å². The van der Waals surface area contributed by atoms with Crippen molar-refractivity contribution in [3.8, 4) is 11.3 Å². The van der Waals surface area contributed by atoms with Crippen LogP contribution < -0.4 is 9.77 Å². The minimum absolute atomic E-state index is 0.0442. The summed E-state index contributed by atoms with van der Waals surface area (Å²) < 4.78 is 58.3. The molecular weight excluding hydrogens is 488 g/mol. The van der Waals surface area contributed by atoms with Crippen molar-refractivity contribution in [1.82, 2.24) is 0 Å².